The van der Waals surface area contributed by atoms with Gasteiger partial charge in [-0.05, 0) is 99.1 Å². The number of hydrogen-bond donors (Lipinski definition) is 0. The fourth-order valence-corrected chi connectivity index (χ4v) is 9.21. The minimum atomic E-state index is 0.855. The molecule has 0 unspecified atom stereocenters. The molecular formula is C56H36N2O. The van der Waals surface area contributed by atoms with Gasteiger partial charge < -0.3 is 13.9 Å². The zero-order valence-electron chi connectivity index (χ0n) is 32.1. The quantitative estimate of drug-likeness (QED) is 0.169. The van der Waals surface area contributed by atoms with Crippen molar-refractivity contribution < 1.29 is 4.42 Å². The summed E-state index contributed by atoms with van der Waals surface area (Å²) in [4.78, 5) is 2.35. The second-order valence-corrected chi connectivity index (χ2v) is 15.3. The van der Waals surface area contributed by atoms with E-state index in [1.165, 1.54) is 49.3 Å². The summed E-state index contributed by atoms with van der Waals surface area (Å²) in [6.07, 6.45) is 0. The summed E-state index contributed by atoms with van der Waals surface area (Å²) >= 11 is 0. The minimum Gasteiger partial charge on any atom is -0.453 e. The molecule has 3 nitrogen and oxygen atoms in total. The van der Waals surface area contributed by atoms with Gasteiger partial charge in [-0.25, -0.2) is 0 Å². The zero-order chi connectivity index (χ0) is 38.9. The van der Waals surface area contributed by atoms with E-state index in [4.69, 9.17) is 4.42 Å². The van der Waals surface area contributed by atoms with Gasteiger partial charge in [0.15, 0.2) is 5.58 Å². The Morgan fingerprint density at radius 1 is 0.339 bits per heavy atom. The van der Waals surface area contributed by atoms with Crippen LogP contribution in [-0.2, 0) is 0 Å². The van der Waals surface area contributed by atoms with Crippen molar-refractivity contribution in [2.75, 3.05) is 4.90 Å². The molecule has 3 heteroatoms. The van der Waals surface area contributed by atoms with Gasteiger partial charge in [0.2, 0.25) is 0 Å². The molecule has 12 aromatic rings. The number of benzene rings is 10. The highest BCUT2D eigenvalue weighted by Crippen LogP contribution is 2.45. The van der Waals surface area contributed by atoms with E-state index < -0.39 is 0 Å². The zero-order valence-corrected chi connectivity index (χ0v) is 32.1. The Labute approximate surface area is 341 Å². The number of hydrogen-bond acceptors (Lipinski definition) is 2. The summed E-state index contributed by atoms with van der Waals surface area (Å²) in [7, 11) is 0. The molecule has 0 amide bonds. The van der Waals surface area contributed by atoms with Crippen LogP contribution in [0.25, 0.3) is 93.2 Å². The van der Waals surface area contributed by atoms with Crippen LogP contribution in [0.2, 0.25) is 0 Å². The molecule has 0 N–H and O–H groups in total. The van der Waals surface area contributed by atoms with Crippen LogP contribution < -0.4 is 4.90 Å². The van der Waals surface area contributed by atoms with E-state index in [1.54, 1.807) is 0 Å². The topological polar surface area (TPSA) is 21.3 Å². The van der Waals surface area contributed by atoms with Gasteiger partial charge in [-0.3, -0.25) is 0 Å². The highest BCUT2D eigenvalue weighted by molar-refractivity contribution is 6.17. The Balaban J connectivity index is 1.05. The lowest BCUT2D eigenvalue weighted by molar-refractivity contribution is 0.673. The van der Waals surface area contributed by atoms with Crippen LogP contribution in [0, 0.1) is 0 Å². The maximum absolute atomic E-state index is 6.97. The number of rotatable bonds is 6. The number of anilines is 3. The lowest BCUT2D eigenvalue weighted by atomic mass is 9.95. The predicted molar refractivity (Wildman–Crippen MR) is 249 cm³/mol. The predicted octanol–water partition coefficient (Wildman–Crippen LogP) is 15.8. The molecule has 276 valence electrons. The van der Waals surface area contributed by atoms with Gasteiger partial charge in [-0.2, -0.15) is 0 Å². The Bertz CT molecular complexity index is 3500. The van der Waals surface area contributed by atoms with E-state index in [0.29, 0.717) is 0 Å². The second kappa shape index (κ2) is 13.4. The van der Waals surface area contributed by atoms with Crippen LogP contribution in [0.3, 0.4) is 0 Å². The molecule has 0 radical (unpaired) electrons. The van der Waals surface area contributed by atoms with Gasteiger partial charge in [0.1, 0.15) is 5.58 Å². The monoisotopic (exact) mass is 752 g/mol. The van der Waals surface area contributed by atoms with E-state index in [1.807, 2.05) is 0 Å². The summed E-state index contributed by atoms with van der Waals surface area (Å²) in [5, 5.41) is 9.43. The van der Waals surface area contributed by atoms with Gasteiger partial charge in [-0.1, -0.05) is 158 Å². The Morgan fingerprint density at radius 2 is 0.949 bits per heavy atom. The standard InChI is InChI=1S/C56H36N2O/c1-2-13-38(14-3-1)45-22-10-16-40-27-28-41(35-51(40)45)37-29-32-42(33-30-37)57(54-26-12-23-49-50-34-31-39-15-4-5-19-46(39)55(50)59-56(49)54)43-17-11-18-44(36-43)58-52-24-8-6-20-47(52)48-21-7-9-25-53(48)58/h1-36H. The molecule has 2 aromatic heterocycles. The third-order valence-electron chi connectivity index (χ3n) is 12.0. The third kappa shape index (κ3) is 5.36. The second-order valence-electron chi connectivity index (χ2n) is 15.3. The number of nitrogens with zero attached hydrogens (tertiary/aromatic N) is 2. The minimum absolute atomic E-state index is 0.855. The number of aromatic nitrogens is 1. The lowest BCUT2D eigenvalue weighted by Crippen LogP contribution is -2.11. The van der Waals surface area contributed by atoms with Gasteiger partial charge in [0.05, 0.1) is 16.7 Å². The number of fused-ring (bicyclic) bond motifs is 9. The van der Waals surface area contributed by atoms with Crippen LogP contribution in [-0.4, -0.2) is 4.57 Å². The van der Waals surface area contributed by atoms with Crippen molar-refractivity contribution in [3.63, 3.8) is 0 Å². The van der Waals surface area contributed by atoms with E-state index in [2.05, 4.69) is 228 Å². The Hall–Kier alpha value is -7.88. The van der Waals surface area contributed by atoms with Crippen LogP contribution in [0.5, 0.6) is 0 Å². The molecule has 12 rings (SSSR count). The molecular weight excluding hydrogens is 717 g/mol. The van der Waals surface area contributed by atoms with Crippen molar-refractivity contribution in [1.82, 2.24) is 4.57 Å². The van der Waals surface area contributed by atoms with Crippen molar-refractivity contribution in [2.24, 2.45) is 0 Å². The average molecular weight is 753 g/mol. The third-order valence-corrected chi connectivity index (χ3v) is 12.0. The molecule has 0 aliphatic carbocycles. The summed E-state index contributed by atoms with van der Waals surface area (Å²) in [6, 6.07) is 78.6. The van der Waals surface area contributed by atoms with Crippen molar-refractivity contribution in [3.05, 3.63) is 218 Å². The summed E-state index contributed by atoms with van der Waals surface area (Å²) < 4.78 is 9.36. The number of para-hydroxylation sites is 3. The molecule has 0 aliphatic rings. The fraction of sp³-hybridized carbons (Fsp3) is 0. The molecule has 0 spiro atoms. The fourth-order valence-electron chi connectivity index (χ4n) is 9.21. The molecule has 0 saturated heterocycles. The maximum Gasteiger partial charge on any atom is 0.159 e. The molecule has 0 fully saturated rings. The average Bonchev–Trinajstić information content (AvgIpc) is 3.86. The Morgan fingerprint density at radius 3 is 1.76 bits per heavy atom. The SMILES string of the molecule is c1ccc(-c2cccc3ccc(-c4ccc(N(c5cccc(-n6c7ccccc7c7ccccc76)c5)c5cccc6c5oc5c7ccccc7ccc65)cc4)cc23)cc1. The van der Waals surface area contributed by atoms with Crippen molar-refractivity contribution in [3.8, 4) is 27.9 Å². The molecule has 59 heavy (non-hydrogen) atoms. The molecule has 0 bridgehead atoms. The first-order chi connectivity index (χ1) is 29.3. The lowest BCUT2D eigenvalue weighted by Gasteiger charge is -2.26. The van der Waals surface area contributed by atoms with Gasteiger partial charge in [0, 0.05) is 44.0 Å². The van der Waals surface area contributed by atoms with E-state index in [0.717, 1.165) is 61.0 Å². The summed E-state index contributed by atoms with van der Waals surface area (Å²) in [5.74, 6) is 0. The van der Waals surface area contributed by atoms with E-state index >= 15 is 0 Å². The first-order valence-corrected chi connectivity index (χ1v) is 20.2. The van der Waals surface area contributed by atoms with Crippen molar-refractivity contribution >= 4 is 82.4 Å². The van der Waals surface area contributed by atoms with Crippen LogP contribution >= 0.6 is 0 Å². The van der Waals surface area contributed by atoms with Crippen molar-refractivity contribution in [1.29, 1.82) is 0 Å². The smallest absolute Gasteiger partial charge is 0.159 e. The van der Waals surface area contributed by atoms with Gasteiger partial charge in [0.25, 0.3) is 0 Å². The first-order valence-electron chi connectivity index (χ1n) is 20.2. The Kier molecular flexibility index (Phi) is 7.54. The van der Waals surface area contributed by atoms with Crippen molar-refractivity contribution in [2.45, 2.75) is 0 Å². The largest absolute Gasteiger partial charge is 0.453 e. The molecule has 0 atom stereocenters. The van der Waals surface area contributed by atoms with Crippen LogP contribution in [0.15, 0.2) is 223 Å². The van der Waals surface area contributed by atoms with E-state index in [9.17, 15) is 0 Å². The highest BCUT2D eigenvalue weighted by Gasteiger charge is 2.22. The molecule has 2 heterocycles. The summed E-state index contributed by atoms with van der Waals surface area (Å²) in [6.45, 7) is 0. The number of furan rings is 1. The first kappa shape index (κ1) is 33.3. The molecule has 0 aliphatic heterocycles. The normalized spacial score (nSPS) is 11.7. The molecule has 0 saturated carbocycles. The summed E-state index contributed by atoms with van der Waals surface area (Å²) in [5.41, 5.74) is 13.1. The van der Waals surface area contributed by atoms with Gasteiger partial charge in [-0.15, -0.1) is 0 Å². The van der Waals surface area contributed by atoms with Crippen LogP contribution in [0.4, 0.5) is 17.1 Å². The maximum atomic E-state index is 6.97. The molecule has 10 aromatic carbocycles. The highest BCUT2D eigenvalue weighted by atomic mass is 16.3. The van der Waals surface area contributed by atoms with E-state index in [-0.39, 0.29) is 0 Å². The van der Waals surface area contributed by atoms with Gasteiger partial charge >= 0.3 is 0 Å². The van der Waals surface area contributed by atoms with Crippen LogP contribution in [0.1, 0.15) is 0 Å².